The van der Waals surface area contributed by atoms with Gasteiger partial charge in [-0.2, -0.15) is 0 Å². The molecule has 1 unspecified atom stereocenters. The summed E-state index contributed by atoms with van der Waals surface area (Å²) in [6.07, 6.45) is 0.0468. The minimum Gasteiger partial charge on any atom is -0.311 e. The molecular formula is C12H14N4O4. The fourth-order valence-electron chi connectivity index (χ4n) is 2.24. The molecule has 1 atom stereocenters. The van der Waals surface area contributed by atoms with E-state index in [-0.39, 0.29) is 24.6 Å². The third-order valence-corrected chi connectivity index (χ3v) is 3.33. The van der Waals surface area contributed by atoms with Gasteiger partial charge in [-0.1, -0.05) is 6.07 Å². The van der Waals surface area contributed by atoms with Crippen LogP contribution in [0.5, 0.6) is 0 Å². The topological polar surface area (TPSA) is 119 Å². The summed E-state index contributed by atoms with van der Waals surface area (Å²) in [5, 5.41) is 10.8. The van der Waals surface area contributed by atoms with Gasteiger partial charge in [-0.05, 0) is 12.5 Å². The van der Waals surface area contributed by atoms with Crippen LogP contribution in [0, 0.1) is 23.0 Å². The highest BCUT2D eigenvalue weighted by Crippen LogP contribution is 2.30. The van der Waals surface area contributed by atoms with Crippen molar-refractivity contribution in [1.29, 1.82) is 0 Å². The van der Waals surface area contributed by atoms with Gasteiger partial charge < -0.3 is 4.90 Å². The van der Waals surface area contributed by atoms with E-state index in [4.69, 9.17) is 5.84 Å². The standard InChI is InChI=1S/C12H14N4O4/c1-7-2-3-9(16(19)20)5-10(7)15-6-8(4-11(15)17)12(18)14-13/h2-3,5,8H,4,6,13H2,1H3,(H,14,18). The summed E-state index contributed by atoms with van der Waals surface area (Å²) in [6.45, 7) is 1.92. The molecule has 0 bridgehead atoms. The molecule has 0 radical (unpaired) electrons. The second kappa shape index (κ2) is 5.25. The van der Waals surface area contributed by atoms with Crippen LogP contribution in [0.1, 0.15) is 12.0 Å². The van der Waals surface area contributed by atoms with Gasteiger partial charge in [-0.25, -0.2) is 5.84 Å². The first-order valence-corrected chi connectivity index (χ1v) is 6.00. The first-order chi connectivity index (χ1) is 9.43. The molecule has 2 amide bonds. The summed E-state index contributed by atoms with van der Waals surface area (Å²) < 4.78 is 0. The average Bonchev–Trinajstić information content (AvgIpc) is 2.80. The molecule has 1 aliphatic rings. The Morgan fingerprint density at radius 2 is 2.25 bits per heavy atom. The molecule has 1 aliphatic heterocycles. The van der Waals surface area contributed by atoms with Crippen molar-refractivity contribution in [3.8, 4) is 0 Å². The van der Waals surface area contributed by atoms with Crippen LogP contribution in [-0.2, 0) is 9.59 Å². The van der Waals surface area contributed by atoms with Crippen LogP contribution in [0.4, 0.5) is 11.4 Å². The highest BCUT2D eigenvalue weighted by molar-refractivity contribution is 6.00. The molecule has 1 saturated heterocycles. The molecule has 8 nitrogen and oxygen atoms in total. The van der Waals surface area contributed by atoms with Gasteiger partial charge in [0.15, 0.2) is 0 Å². The lowest BCUT2D eigenvalue weighted by Gasteiger charge is -2.18. The molecule has 1 fully saturated rings. The largest absolute Gasteiger partial charge is 0.311 e. The number of hydrogen-bond acceptors (Lipinski definition) is 5. The fourth-order valence-corrected chi connectivity index (χ4v) is 2.24. The van der Waals surface area contributed by atoms with Crippen LogP contribution in [0.3, 0.4) is 0 Å². The van der Waals surface area contributed by atoms with Gasteiger partial charge in [0.05, 0.1) is 16.5 Å². The van der Waals surface area contributed by atoms with Crippen LogP contribution in [0.25, 0.3) is 0 Å². The monoisotopic (exact) mass is 278 g/mol. The van der Waals surface area contributed by atoms with Crippen molar-refractivity contribution in [1.82, 2.24) is 5.43 Å². The van der Waals surface area contributed by atoms with Crippen LogP contribution >= 0.6 is 0 Å². The van der Waals surface area contributed by atoms with E-state index < -0.39 is 16.7 Å². The van der Waals surface area contributed by atoms with Gasteiger partial charge in [0, 0.05) is 25.1 Å². The molecule has 1 heterocycles. The molecule has 20 heavy (non-hydrogen) atoms. The number of aryl methyl sites for hydroxylation is 1. The lowest BCUT2D eigenvalue weighted by atomic mass is 10.1. The average molecular weight is 278 g/mol. The zero-order valence-electron chi connectivity index (χ0n) is 10.8. The maximum absolute atomic E-state index is 12.0. The number of nitrogens with zero attached hydrogens (tertiary/aromatic N) is 2. The predicted octanol–water partition coefficient (Wildman–Crippen LogP) is 0.246. The number of anilines is 1. The van der Waals surface area contributed by atoms with Crippen molar-refractivity contribution in [2.45, 2.75) is 13.3 Å². The maximum atomic E-state index is 12.0. The molecule has 1 aromatic rings. The van der Waals surface area contributed by atoms with Gasteiger partial charge in [-0.3, -0.25) is 25.1 Å². The maximum Gasteiger partial charge on any atom is 0.271 e. The van der Waals surface area contributed by atoms with Gasteiger partial charge in [0.2, 0.25) is 11.8 Å². The number of rotatable bonds is 3. The summed E-state index contributed by atoms with van der Waals surface area (Å²) in [5.74, 6) is 3.86. The number of nitro benzene ring substituents is 1. The number of carbonyl (C=O) groups is 2. The Bertz CT molecular complexity index is 587. The number of nitro groups is 1. The molecule has 1 aromatic carbocycles. The molecule has 0 aromatic heterocycles. The van der Waals surface area contributed by atoms with E-state index in [9.17, 15) is 19.7 Å². The highest BCUT2D eigenvalue weighted by Gasteiger charge is 2.35. The third-order valence-electron chi connectivity index (χ3n) is 3.33. The summed E-state index contributed by atoms with van der Waals surface area (Å²) in [4.78, 5) is 35.1. The van der Waals surface area contributed by atoms with E-state index in [0.29, 0.717) is 5.69 Å². The van der Waals surface area contributed by atoms with E-state index in [2.05, 4.69) is 0 Å². The van der Waals surface area contributed by atoms with Crippen LogP contribution in [-0.4, -0.2) is 23.3 Å². The Balaban J connectivity index is 2.32. The van der Waals surface area contributed by atoms with Gasteiger partial charge in [0.1, 0.15) is 0 Å². The Hall–Kier alpha value is -2.48. The van der Waals surface area contributed by atoms with Gasteiger partial charge in [-0.15, -0.1) is 0 Å². The molecule has 3 N–H and O–H groups in total. The number of benzene rings is 1. The number of non-ortho nitro benzene ring substituents is 1. The zero-order valence-corrected chi connectivity index (χ0v) is 10.8. The second-order valence-electron chi connectivity index (χ2n) is 4.64. The molecule has 2 rings (SSSR count). The second-order valence-corrected chi connectivity index (χ2v) is 4.64. The van der Waals surface area contributed by atoms with Crippen molar-refractivity contribution in [3.63, 3.8) is 0 Å². The normalized spacial score (nSPS) is 18.2. The molecule has 0 spiro atoms. The fraction of sp³-hybridized carbons (Fsp3) is 0.333. The Kier molecular flexibility index (Phi) is 3.66. The minimum absolute atomic E-state index is 0.0468. The van der Waals surface area contributed by atoms with Crippen molar-refractivity contribution in [3.05, 3.63) is 33.9 Å². The van der Waals surface area contributed by atoms with Crippen molar-refractivity contribution in [2.75, 3.05) is 11.4 Å². The number of carbonyl (C=O) groups excluding carboxylic acids is 2. The van der Waals surface area contributed by atoms with Crippen LogP contribution in [0.15, 0.2) is 18.2 Å². The van der Waals surface area contributed by atoms with E-state index in [1.807, 2.05) is 5.43 Å². The Morgan fingerprint density at radius 3 is 2.85 bits per heavy atom. The summed E-state index contributed by atoms with van der Waals surface area (Å²) in [6, 6.07) is 4.30. The zero-order chi connectivity index (χ0) is 14.9. The molecule has 0 aliphatic carbocycles. The first-order valence-electron chi connectivity index (χ1n) is 6.00. The quantitative estimate of drug-likeness (QED) is 0.355. The molecular weight excluding hydrogens is 264 g/mol. The molecule has 106 valence electrons. The summed E-state index contributed by atoms with van der Waals surface area (Å²) >= 11 is 0. The number of nitrogens with two attached hydrogens (primary N) is 1. The van der Waals surface area contributed by atoms with Crippen molar-refractivity contribution >= 4 is 23.2 Å². The smallest absolute Gasteiger partial charge is 0.271 e. The lowest BCUT2D eigenvalue weighted by Crippen LogP contribution is -2.37. The van der Waals surface area contributed by atoms with E-state index >= 15 is 0 Å². The number of hydrogen-bond donors (Lipinski definition) is 2. The summed E-state index contributed by atoms with van der Waals surface area (Å²) in [5.41, 5.74) is 3.11. The SMILES string of the molecule is Cc1ccc([N+](=O)[O-])cc1N1CC(C(=O)NN)CC1=O. The highest BCUT2D eigenvalue weighted by atomic mass is 16.6. The lowest BCUT2D eigenvalue weighted by molar-refractivity contribution is -0.384. The van der Waals surface area contributed by atoms with Crippen molar-refractivity contribution < 1.29 is 14.5 Å². The van der Waals surface area contributed by atoms with E-state index in [1.165, 1.54) is 17.0 Å². The third kappa shape index (κ3) is 2.45. The van der Waals surface area contributed by atoms with E-state index in [0.717, 1.165) is 5.56 Å². The Morgan fingerprint density at radius 1 is 1.55 bits per heavy atom. The van der Waals surface area contributed by atoms with Crippen LogP contribution < -0.4 is 16.2 Å². The summed E-state index contributed by atoms with van der Waals surface area (Å²) in [7, 11) is 0. The van der Waals surface area contributed by atoms with Gasteiger partial charge >= 0.3 is 0 Å². The minimum atomic E-state index is -0.536. The van der Waals surface area contributed by atoms with Crippen molar-refractivity contribution in [2.24, 2.45) is 11.8 Å². The first kappa shape index (κ1) is 13.9. The number of nitrogens with one attached hydrogen (secondary N) is 1. The number of hydrazine groups is 1. The van der Waals surface area contributed by atoms with Crippen LogP contribution in [0.2, 0.25) is 0 Å². The Labute approximate surface area is 114 Å². The van der Waals surface area contributed by atoms with Gasteiger partial charge in [0.25, 0.3) is 5.69 Å². The molecule has 0 saturated carbocycles. The number of amides is 2. The molecule has 8 heteroatoms. The van der Waals surface area contributed by atoms with E-state index in [1.54, 1.807) is 13.0 Å². The predicted molar refractivity (Wildman–Crippen MR) is 70.6 cm³/mol.